The molecule has 6 heteroatoms. The van der Waals surface area contributed by atoms with Crippen LogP contribution in [0.1, 0.15) is 18.5 Å². The minimum Gasteiger partial charge on any atom is -0.504 e. The van der Waals surface area contributed by atoms with E-state index in [1.54, 1.807) is 30.3 Å². The average molecular weight is 288 g/mol. The first-order chi connectivity index (χ1) is 10.0. The molecule has 2 rings (SSSR count). The van der Waals surface area contributed by atoms with Gasteiger partial charge in [0.05, 0.1) is 12.0 Å². The predicted octanol–water partition coefficient (Wildman–Crippen LogP) is 3.48. The number of benzene rings is 2. The van der Waals surface area contributed by atoms with Crippen LogP contribution in [0.15, 0.2) is 42.5 Å². The van der Waals surface area contributed by atoms with Crippen molar-refractivity contribution in [1.29, 1.82) is 0 Å². The molecule has 2 aromatic carbocycles. The molecule has 0 aliphatic heterocycles. The molecule has 0 aliphatic rings. The van der Waals surface area contributed by atoms with Gasteiger partial charge in [0, 0.05) is 12.1 Å². The number of nitro groups is 1. The number of aromatic hydroxyl groups is 1. The number of ether oxygens (including phenoxy) is 1. The fraction of sp³-hybridized carbons (Fsp3) is 0.200. The van der Waals surface area contributed by atoms with Gasteiger partial charge in [0.2, 0.25) is 0 Å². The van der Waals surface area contributed by atoms with Crippen molar-refractivity contribution in [3.63, 3.8) is 0 Å². The highest BCUT2D eigenvalue weighted by Gasteiger charge is 2.16. The van der Waals surface area contributed by atoms with Gasteiger partial charge in [-0.15, -0.1) is 0 Å². The zero-order valence-corrected chi connectivity index (χ0v) is 11.7. The number of nitrogens with zero attached hydrogens (tertiary/aromatic N) is 1. The number of nitrogens with one attached hydrogen (secondary N) is 1. The van der Waals surface area contributed by atoms with Gasteiger partial charge in [0.25, 0.3) is 5.69 Å². The first-order valence-electron chi connectivity index (χ1n) is 6.39. The van der Waals surface area contributed by atoms with Crippen LogP contribution in [-0.4, -0.2) is 17.1 Å². The SMILES string of the molecule is COc1cc(C(C)Nc2ccccc2[N+](=O)[O-])ccc1O. The molecular weight excluding hydrogens is 272 g/mol. The third kappa shape index (κ3) is 3.22. The van der Waals surface area contributed by atoms with Crippen molar-refractivity contribution in [3.05, 3.63) is 58.1 Å². The molecule has 2 aromatic rings. The minimum atomic E-state index is -0.424. The van der Waals surface area contributed by atoms with Crippen LogP contribution in [0.5, 0.6) is 11.5 Å². The Bertz CT molecular complexity index is 658. The van der Waals surface area contributed by atoms with Crippen molar-refractivity contribution < 1.29 is 14.8 Å². The second kappa shape index (κ2) is 6.13. The van der Waals surface area contributed by atoms with E-state index in [9.17, 15) is 15.2 Å². The molecule has 1 unspecified atom stereocenters. The smallest absolute Gasteiger partial charge is 0.292 e. The first kappa shape index (κ1) is 14.6. The largest absolute Gasteiger partial charge is 0.504 e. The number of hydrogen-bond donors (Lipinski definition) is 2. The lowest BCUT2D eigenvalue weighted by Crippen LogP contribution is -2.08. The van der Waals surface area contributed by atoms with Crippen molar-refractivity contribution >= 4 is 11.4 Å². The molecule has 0 saturated heterocycles. The normalized spacial score (nSPS) is 11.7. The number of anilines is 1. The summed E-state index contributed by atoms with van der Waals surface area (Å²) in [5.41, 5.74) is 1.32. The molecular formula is C15H16N2O4. The summed E-state index contributed by atoms with van der Waals surface area (Å²) >= 11 is 0. The third-order valence-electron chi connectivity index (χ3n) is 3.18. The highest BCUT2D eigenvalue weighted by Crippen LogP contribution is 2.32. The fourth-order valence-corrected chi connectivity index (χ4v) is 2.04. The maximum absolute atomic E-state index is 11.0. The first-order valence-corrected chi connectivity index (χ1v) is 6.39. The van der Waals surface area contributed by atoms with Crippen LogP contribution in [0, 0.1) is 10.1 Å². The fourth-order valence-electron chi connectivity index (χ4n) is 2.04. The third-order valence-corrected chi connectivity index (χ3v) is 3.18. The summed E-state index contributed by atoms with van der Waals surface area (Å²) in [4.78, 5) is 10.6. The Morgan fingerprint density at radius 1 is 1.29 bits per heavy atom. The standard InChI is InChI=1S/C15H16N2O4/c1-10(11-7-8-14(18)15(9-11)21-2)16-12-5-3-4-6-13(12)17(19)20/h3-10,16,18H,1-2H3. The van der Waals surface area contributed by atoms with Crippen LogP contribution in [0.4, 0.5) is 11.4 Å². The Labute approximate surface area is 122 Å². The van der Waals surface area contributed by atoms with E-state index in [1.165, 1.54) is 19.2 Å². The van der Waals surface area contributed by atoms with E-state index in [-0.39, 0.29) is 17.5 Å². The van der Waals surface area contributed by atoms with Gasteiger partial charge < -0.3 is 15.2 Å². The molecule has 0 saturated carbocycles. The number of nitro benzene ring substituents is 1. The summed E-state index contributed by atoms with van der Waals surface area (Å²) in [6.07, 6.45) is 0. The summed E-state index contributed by atoms with van der Waals surface area (Å²) < 4.78 is 5.06. The highest BCUT2D eigenvalue weighted by atomic mass is 16.6. The van der Waals surface area contributed by atoms with Crippen LogP contribution in [0.3, 0.4) is 0 Å². The van der Waals surface area contributed by atoms with Crippen LogP contribution < -0.4 is 10.1 Å². The van der Waals surface area contributed by atoms with Crippen molar-refractivity contribution in [2.75, 3.05) is 12.4 Å². The molecule has 0 aliphatic carbocycles. The lowest BCUT2D eigenvalue weighted by Gasteiger charge is -2.16. The van der Waals surface area contributed by atoms with Crippen molar-refractivity contribution in [2.45, 2.75) is 13.0 Å². The van der Waals surface area contributed by atoms with Gasteiger partial charge in [-0.25, -0.2) is 0 Å². The maximum Gasteiger partial charge on any atom is 0.292 e. The molecule has 0 aromatic heterocycles. The Balaban J connectivity index is 2.26. The van der Waals surface area contributed by atoms with E-state index in [1.807, 2.05) is 6.92 Å². The molecule has 0 bridgehead atoms. The second-order valence-electron chi connectivity index (χ2n) is 4.57. The molecule has 0 amide bonds. The lowest BCUT2D eigenvalue weighted by molar-refractivity contribution is -0.384. The molecule has 2 N–H and O–H groups in total. The topological polar surface area (TPSA) is 84.6 Å². The number of methoxy groups -OCH3 is 1. The zero-order chi connectivity index (χ0) is 15.4. The second-order valence-corrected chi connectivity index (χ2v) is 4.57. The van der Waals surface area contributed by atoms with Crippen LogP contribution in [-0.2, 0) is 0 Å². The van der Waals surface area contributed by atoms with Gasteiger partial charge in [-0.3, -0.25) is 10.1 Å². The van der Waals surface area contributed by atoms with Gasteiger partial charge in [-0.2, -0.15) is 0 Å². The Morgan fingerprint density at radius 3 is 2.67 bits per heavy atom. The summed E-state index contributed by atoms with van der Waals surface area (Å²) in [5, 5.41) is 23.7. The summed E-state index contributed by atoms with van der Waals surface area (Å²) in [7, 11) is 1.47. The molecule has 21 heavy (non-hydrogen) atoms. The number of para-hydroxylation sites is 2. The van der Waals surface area contributed by atoms with Crippen LogP contribution in [0.25, 0.3) is 0 Å². The monoisotopic (exact) mass is 288 g/mol. The average Bonchev–Trinajstić information content (AvgIpc) is 2.48. The molecule has 0 spiro atoms. The van der Waals surface area contributed by atoms with E-state index in [2.05, 4.69) is 5.32 Å². The Morgan fingerprint density at radius 2 is 2.00 bits per heavy atom. The highest BCUT2D eigenvalue weighted by molar-refractivity contribution is 5.62. The van der Waals surface area contributed by atoms with Gasteiger partial charge in [0.15, 0.2) is 11.5 Å². The Kier molecular flexibility index (Phi) is 4.27. The van der Waals surface area contributed by atoms with E-state index in [0.29, 0.717) is 11.4 Å². The van der Waals surface area contributed by atoms with Crippen LogP contribution in [0.2, 0.25) is 0 Å². The van der Waals surface area contributed by atoms with E-state index >= 15 is 0 Å². The van der Waals surface area contributed by atoms with E-state index in [0.717, 1.165) is 5.56 Å². The predicted molar refractivity (Wildman–Crippen MR) is 79.8 cm³/mol. The van der Waals surface area contributed by atoms with Crippen molar-refractivity contribution in [1.82, 2.24) is 0 Å². The van der Waals surface area contributed by atoms with Gasteiger partial charge in [-0.1, -0.05) is 18.2 Å². The zero-order valence-electron chi connectivity index (χ0n) is 11.7. The van der Waals surface area contributed by atoms with E-state index in [4.69, 9.17) is 4.74 Å². The van der Waals surface area contributed by atoms with Crippen LogP contribution >= 0.6 is 0 Å². The molecule has 6 nitrogen and oxygen atoms in total. The van der Waals surface area contributed by atoms with Gasteiger partial charge in [-0.05, 0) is 30.7 Å². The van der Waals surface area contributed by atoms with Gasteiger partial charge >= 0.3 is 0 Å². The quantitative estimate of drug-likeness (QED) is 0.650. The summed E-state index contributed by atoms with van der Waals surface area (Å²) in [6, 6.07) is 11.3. The molecule has 0 radical (unpaired) electrons. The molecule has 0 heterocycles. The number of rotatable bonds is 5. The van der Waals surface area contributed by atoms with Gasteiger partial charge in [0.1, 0.15) is 5.69 Å². The summed E-state index contributed by atoms with van der Waals surface area (Å²) in [6.45, 7) is 1.88. The molecule has 0 fully saturated rings. The number of hydrogen-bond acceptors (Lipinski definition) is 5. The van der Waals surface area contributed by atoms with Crippen molar-refractivity contribution in [3.8, 4) is 11.5 Å². The molecule has 1 atom stereocenters. The van der Waals surface area contributed by atoms with Crippen molar-refractivity contribution in [2.24, 2.45) is 0 Å². The number of phenolic OH excluding ortho intramolecular Hbond substituents is 1. The lowest BCUT2D eigenvalue weighted by atomic mass is 10.1. The maximum atomic E-state index is 11.0. The minimum absolute atomic E-state index is 0.0232. The van der Waals surface area contributed by atoms with E-state index < -0.39 is 4.92 Å². The Hall–Kier alpha value is -2.76. The molecule has 110 valence electrons. The number of phenols is 1. The summed E-state index contributed by atoms with van der Waals surface area (Å²) in [5.74, 6) is 0.419.